The number of anilines is 1. The Labute approximate surface area is 175 Å². The number of aryl methyl sites for hydroxylation is 1. The normalized spacial score (nSPS) is 14.6. The van der Waals surface area contributed by atoms with E-state index in [1.54, 1.807) is 24.1 Å². The lowest BCUT2D eigenvalue weighted by molar-refractivity contribution is -0.274. The second kappa shape index (κ2) is 8.25. The molecule has 2 aromatic heterocycles. The zero-order valence-electron chi connectivity index (χ0n) is 16.5. The molecule has 0 spiro atoms. The summed E-state index contributed by atoms with van der Waals surface area (Å²) in [7, 11) is 0. The third-order valence-electron chi connectivity index (χ3n) is 4.74. The van der Waals surface area contributed by atoms with Gasteiger partial charge in [0.25, 0.3) is 11.8 Å². The minimum atomic E-state index is -4.77. The van der Waals surface area contributed by atoms with E-state index in [0.29, 0.717) is 54.9 Å². The van der Waals surface area contributed by atoms with Crippen LogP contribution in [-0.4, -0.2) is 58.5 Å². The van der Waals surface area contributed by atoms with Crippen molar-refractivity contribution in [3.63, 3.8) is 0 Å². The number of pyridine rings is 1. The summed E-state index contributed by atoms with van der Waals surface area (Å²) in [6.07, 6.45) is -3.10. The molecule has 0 bridgehead atoms. The minimum Gasteiger partial charge on any atom is -0.421 e. The van der Waals surface area contributed by atoms with Crippen LogP contribution < -0.4 is 9.64 Å². The molecule has 0 N–H and O–H groups in total. The molecule has 3 heterocycles. The maximum atomic E-state index is 12.7. The first-order valence-electron chi connectivity index (χ1n) is 9.46. The highest BCUT2D eigenvalue weighted by Gasteiger charge is 2.31. The third kappa shape index (κ3) is 4.76. The molecule has 0 aliphatic carbocycles. The van der Waals surface area contributed by atoms with E-state index < -0.39 is 6.36 Å². The number of ether oxygens (including phenoxy) is 1. The zero-order valence-corrected chi connectivity index (χ0v) is 16.5. The van der Waals surface area contributed by atoms with Crippen molar-refractivity contribution in [3.05, 3.63) is 54.0 Å². The highest BCUT2D eigenvalue weighted by Crippen LogP contribution is 2.29. The summed E-state index contributed by atoms with van der Waals surface area (Å²) in [5.74, 6) is 0.888. The maximum Gasteiger partial charge on any atom is 0.573 e. The Morgan fingerprint density at radius 1 is 1.06 bits per heavy atom. The fraction of sp³-hybridized carbons (Fsp3) is 0.300. The molecule has 1 fully saturated rings. The number of alkyl halides is 3. The van der Waals surface area contributed by atoms with Crippen LogP contribution in [0.3, 0.4) is 0 Å². The molecule has 1 amide bonds. The van der Waals surface area contributed by atoms with Crippen molar-refractivity contribution in [2.75, 3.05) is 31.1 Å². The molecule has 1 aromatic carbocycles. The lowest BCUT2D eigenvalue weighted by Crippen LogP contribution is -2.49. The average Bonchev–Trinajstić information content (AvgIpc) is 3.19. The fourth-order valence-corrected chi connectivity index (χ4v) is 3.32. The first-order valence-corrected chi connectivity index (χ1v) is 9.46. The number of piperazine rings is 1. The highest BCUT2D eigenvalue weighted by molar-refractivity contribution is 5.94. The molecule has 31 heavy (non-hydrogen) atoms. The largest absolute Gasteiger partial charge is 0.573 e. The van der Waals surface area contributed by atoms with Crippen LogP contribution in [0.1, 0.15) is 16.2 Å². The number of hydrogen-bond acceptors (Lipinski definition) is 7. The van der Waals surface area contributed by atoms with Gasteiger partial charge in [-0.15, -0.1) is 23.4 Å². The molecular weight excluding hydrogens is 415 g/mol. The van der Waals surface area contributed by atoms with Gasteiger partial charge in [-0.25, -0.2) is 4.98 Å². The minimum absolute atomic E-state index is 0.257. The monoisotopic (exact) mass is 433 g/mol. The van der Waals surface area contributed by atoms with Gasteiger partial charge >= 0.3 is 6.36 Å². The summed E-state index contributed by atoms with van der Waals surface area (Å²) in [5.41, 5.74) is 1.01. The molecule has 0 unspecified atom stereocenters. The fourth-order valence-electron chi connectivity index (χ4n) is 3.32. The molecular formula is C20H18F3N5O3. The molecule has 11 heteroatoms. The van der Waals surface area contributed by atoms with Gasteiger partial charge in [0.05, 0.1) is 5.56 Å². The van der Waals surface area contributed by atoms with E-state index in [9.17, 15) is 18.0 Å². The molecule has 4 rings (SSSR count). The van der Waals surface area contributed by atoms with Gasteiger partial charge in [0, 0.05) is 44.9 Å². The van der Waals surface area contributed by atoms with E-state index in [1.807, 2.05) is 11.0 Å². The Morgan fingerprint density at radius 2 is 1.77 bits per heavy atom. The standard InChI is InChI=1S/C20H18F3N5O3/c1-13-25-26-18(30-13)16-3-2-8-24-17(16)27-9-11-28(12-10-27)19(29)14-4-6-15(7-5-14)31-20(21,22)23/h2-8H,9-12H2,1H3. The Hall–Kier alpha value is -3.63. The van der Waals surface area contributed by atoms with Crippen molar-refractivity contribution < 1.29 is 27.1 Å². The number of hydrogen-bond donors (Lipinski definition) is 0. The van der Waals surface area contributed by atoms with Crippen molar-refractivity contribution in [1.82, 2.24) is 20.1 Å². The van der Waals surface area contributed by atoms with Gasteiger partial charge in [-0.05, 0) is 36.4 Å². The van der Waals surface area contributed by atoms with Gasteiger partial charge in [0.15, 0.2) is 0 Å². The van der Waals surface area contributed by atoms with Crippen LogP contribution in [0, 0.1) is 6.92 Å². The number of carbonyl (C=O) groups excluding carboxylic acids is 1. The predicted octanol–water partition coefficient (Wildman–Crippen LogP) is 3.30. The van der Waals surface area contributed by atoms with E-state index >= 15 is 0 Å². The van der Waals surface area contributed by atoms with E-state index in [2.05, 4.69) is 19.9 Å². The van der Waals surface area contributed by atoms with Crippen LogP contribution in [0.25, 0.3) is 11.5 Å². The maximum absolute atomic E-state index is 12.7. The van der Waals surface area contributed by atoms with E-state index in [4.69, 9.17) is 4.42 Å². The van der Waals surface area contributed by atoms with E-state index in [-0.39, 0.29) is 11.7 Å². The van der Waals surface area contributed by atoms with Gasteiger partial charge in [-0.3, -0.25) is 4.79 Å². The summed E-state index contributed by atoms with van der Waals surface area (Å²) in [6.45, 7) is 3.62. The van der Waals surface area contributed by atoms with Crippen molar-refractivity contribution in [1.29, 1.82) is 0 Å². The van der Waals surface area contributed by atoms with Gasteiger partial charge in [0.2, 0.25) is 5.89 Å². The quantitative estimate of drug-likeness (QED) is 0.624. The molecule has 1 aliphatic rings. The van der Waals surface area contributed by atoms with Crippen molar-refractivity contribution in [2.24, 2.45) is 0 Å². The van der Waals surface area contributed by atoms with E-state index in [0.717, 1.165) is 12.1 Å². The number of benzene rings is 1. The molecule has 8 nitrogen and oxygen atoms in total. The number of aromatic nitrogens is 3. The summed E-state index contributed by atoms with van der Waals surface area (Å²) in [4.78, 5) is 20.8. The second-order valence-corrected chi connectivity index (χ2v) is 6.85. The SMILES string of the molecule is Cc1nnc(-c2cccnc2N2CCN(C(=O)c3ccc(OC(F)(F)F)cc3)CC2)o1. The van der Waals surface area contributed by atoms with Crippen LogP contribution >= 0.6 is 0 Å². The molecule has 0 radical (unpaired) electrons. The third-order valence-corrected chi connectivity index (χ3v) is 4.74. The first kappa shape index (κ1) is 20.6. The second-order valence-electron chi connectivity index (χ2n) is 6.85. The van der Waals surface area contributed by atoms with Crippen molar-refractivity contribution >= 4 is 11.7 Å². The Kier molecular flexibility index (Phi) is 5.49. The number of amides is 1. The molecule has 0 atom stereocenters. The number of halogens is 3. The first-order chi connectivity index (χ1) is 14.8. The number of carbonyl (C=O) groups is 1. The Morgan fingerprint density at radius 3 is 2.39 bits per heavy atom. The highest BCUT2D eigenvalue weighted by atomic mass is 19.4. The molecule has 3 aromatic rings. The van der Waals surface area contributed by atoms with Crippen molar-refractivity contribution in [3.8, 4) is 17.2 Å². The van der Waals surface area contributed by atoms with Crippen LogP contribution in [0.2, 0.25) is 0 Å². The van der Waals surface area contributed by atoms with E-state index in [1.165, 1.54) is 12.1 Å². The Balaban J connectivity index is 1.42. The number of nitrogens with zero attached hydrogens (tertiary/aromatic N) is 5. The summed E-state index contributed by atoms with van der Waals surface area (Å²) < 4.78 is 46.2. The summed E-state index contributed by atoms with van der Waals surface area (Å²) in [5, 5.41) is 7.91. The predicted molar refractivity (Wildman–Crippen MR) is 104 cm³/mol. The lowest BCUT2D eigenvalue weighted by atomic mass is 10.1. The van der Waals surface area contributed by atoms with Gasteiger partial charge in [-0.2, -0.15) is 0 Å². The molecule has 1 aliphatic heterocycles. The molecule has 0 saturated carbocycles. The van der Waals surface area contributed by atoms with Crippen LogP contribution in [0.15, 0.2) is 47.0 Å². The zero-order chi connectivity index (χ0) is 22.0. The smallest absolute Gasteiger partial charge is 0.421 e. The average molecular weight is 433 g/mol. The molecule has 1 saturated heterocycles. The summed E-state index contributed by atoms with van der Waals surface area (Å²) >= 11 is 0. The van der Waals surface area contributed by atoms with Crippen LogP contribution in [0.4, 0.5) is 19.0 Å². The summed E-state index contributed by atoms with van der Waals surface area (Å²) in [6, 6.07) is 8.53. The number of rotatable bonds is 4. The lowest BCUT2D eigenvalue weighted by Gasteiger charge is -2.36. The van der Waals surface area contributed by atoms with Gasteiger partial charge in [-0.1, -0.05) is 0 Å². The topological polar surface area (TPSA) is 84.6 Å². The molecule has 162 valence electrons. The van der Waals surface area contributed by atoms with Gasteiger partial charge in [0.1, 0.15) is 11.6 Å². The van der Waals surface area contributed by atoms with Crippen LogP contribution in [0.5, 0.6) is 5.75 Å². The van der Waals surface area contributed by atoms with Crippen molar-refractivity contribution in [2.45, 2.75) is 13.3 Å². The Bertz CT molecular complexity index is 1060. The van der Waals surface area contributed by atoms with Gasteiger partial charge < -0.3 is 19.0 Å². The van der Waals surface area contributed by atoms with Crippen LogP contribution in [-0.2, 0) is 0 Å².